The van der Waals surface area contributed by atoms with Gasteiger partial charge in [0.25, 0.3) is 11.9 Å². The SMILES string of the molecule is CC(=O)O.CN1CC2(CCN(C(=O)c3cc(Cl)ccc3OCCN)CC2)OCC1=O. The Bertz CT molecular complexity index is 776. The van der Waals surface area contributed by atoms with Gasteiger partial charge >= 0.3 is 0 Å². The van der Waals surface area contributed by atoms with E-state index in [1.165, 1.54) is 0 Å². The molecule has 2 saturated heterocycles. The minimum Gasteiger partial charge on any atom is -0.491 e. The first-order valence-corrected chi connectivity index (χ1v) is 10.0. The van der Waals surface area contributed by atoms with Crippen LogP contribution < -0.4 is 10.5 Å². The molecule has 1 aromatic carbocycles. The van der Waals surface area contributed by atoms with Crippen molar-refractivity contribution in [1.82, 2.24) is 9.80 Å². The Balaban J connectivity index is 0.000000735. The van der Waals surface area contributed by atoms with Gasteiger partial charge in [0, 0.05) is 45.2 Å². The number of rotatable bonds is 4. The number of nitrogens with two attached hydrogens (primary N) is 1. The van der Waals surface area contributed by atoms with Crippen LogP contribution >= 0.6 is 11.6 Å². The van der Waals surface area contributed by atoms with Gasteiger partial charge < -0.3 is 30.1 Å². The smallest absolute Gasteiger partial charge is 0.300 e. The maximum atomic E-state index is 13.0. The first-order chi connectivity index (χ1) is 14.2. The average molecular weight is 442 g/mol. The summed E-state index contributed by atoms with van der Waals surface area (Å²) in [6.45, 7) is 3.57. The first-order valence-electron chi connectivity index (χ1n) is 9.66. The van der Waals surface area contributed by atoms with Crippen LogP contribution in [0, 0.1) is 0 Å². The molecule has 0 aliphatic carbocycles. The quantitative estimate of drug-likeness (QED) is 0.720. The van der Waals surface area contributed by atoms with Crippen LogP contribution in [0.25, 0.3) is 0 Å². The summed E-state index contributed by atoms with van der Waals surface area (Å²) >= 11 is 6.07. The fourth-order valence-corrected chi connectivity index (χ4v) is 3.62. The Kier molecular flexibility index (Phi) is 8.45. The summed E-state index contributed by atoms with van der Waals surface area (Å²) in [5, 5.41) is 7.90. The summed E-state index contributed by atoms with van der Waals surface area (Å²) in [4.78, 5) is 37.1. The number of likely N-dealkylation sites (N-methyl/N-ethyl adjacent to an activating group) is 1. The van der Waals surface area contributed by atoms with Crippen LogP contribution in [0.15, 0.2) is 18.2 Å². The molecule has 0 atom stereocenters. The van der Waals surface area contributed by atoms with Crippen LogP contribution in [0.3, 0.4) is 0 Å². The number of hydrogen-bond donors (Lipinski definition) is 2. The van der Waals surface area contributed by atoms with Gasteiger partial charge in [0.2, 0.25) is 5.91 Å². The summed E-state index contributed by atoms with van der Waals surface area (Å²) in [5.41, 5.74) is 5.58. The molecule has 0 aromatic heterocycles. The highest BCUT2D eigenvalue weighted by Crippen LogP contribution is 2.32. The van der Waals surface area contributed by atoms with E-state index in [1.807, 2.05) is 0 Å². The van der Waals surface area contributed by atoms with Crippen molar-refractivity contribution in [3.05, 3.63) is 28.8 Å². The monoisotopic (exact) mass is 441 g/mol. The molecule has 0 bridgehead atoms. The number of halogens is 1. The van der Waals surface area contributed by atoms with Gasteiger partial charge in [-0.1, -0.05) is 11.6 Å². The number of ether oxygens (including phenoxy) is 2. The van der Waals surface area contributed by atoms with Crippen LogP contribution in [0.5, 0.6) is 5.75 Å². The van der Waals surface area contributed by atoms with Gasteiger partial charge in [0.1, 0.15) is 19.0 Å². The van der Waals surface area contributed by atoms with Gasteiger partial charge in [-0.15, -0.1) is 0 Å². The number of benzene rings is 1. The van der Waals surface area contributed by atoms with Crippen molar-refractivity contribution in [1.29, 1.82) is 0 Å². The number of amides is 2. The van der Waals surface area contributed by atoms with Gasteiger partial charge in [-0.3, -0.25) is 14.4 Å². The Morgan fingerprint density at radius 1 is 1.33 bits per heavy atom. The van der Waals surface area contributed by atoms with Crippen LogP contribution in [0.2, 0.25) is 5.02 Å². The first kappa shape index (κ1) is 23.9. The van der Waals surface area contributed by atoms with E-state index in [-0.39, 0.29) is 24.0 Å². The number of carbonyl (C=O) groups is 3. The minimum atomic E-state index is -0.833. The van der Waals surface area contributed by atoms with Crippen LogP contribution in [-0.4, -0.2) is 84.7 Å². The van der Waals surface area contributed by atoms with Gasteiger partial charge in [-0.2, -0.15) is 0 Å². The number of hydrogen-bond acceptors (Lipinski definition) is 6. The fraction of sp³-hybridized carbons (Fsp3) is 0.550. The number of aliphatic carboxylic acids is 1. The van der Waals surface area contributed by atoms with E-state index in [0.717, 1.165) is 6.92 Å². The molecule has 0 unspecified atom stereocenters. The van der Waals surface area contributed by atoms with Crippen molar-refractivity contribution in [2.45, 2.75) is 25.4 Å². The molecular formula is C20H28ClN3O6. The maximum absolute atomic E-state index is 13.0. The Labute approximate surface area is 180 Å². The summed E-state index contributed by atoms with van der Waals surface area (Å²) in [7, 11) is 1.79. The largest absolute Gasteiger partial charge is 0.491 e. The van der Waals surface area contributed by atoms with Gasteiger partial charge in [-0.05, 0) is 31.0 Å². The molecule has 2 heterocycles. The highest BCUT2D eigenvalue weighted by atomic mass is 35.5. The second-order valence-electron chi connectivity index (χ2n) is 7.31. The standard InChI is InChI=1S/C18H24ClN3O4.C2H4O2/c1-21-12-18(26-11-16(21)23)4-7-22(8-5-18)17(24)14-10-13(19)2-3-15(14)25-9-6-20;1-2(3)4/h2-3,10H,4-9,11-12,20H2,1H3;1H3,(H,3,4). The molecule has 3 rings (SSSR count). The van der Waals surface area contributed by atoms with Crippen molar-refractivity contribution in [2.75, 3.05) is 46.4 Å². The molecule has 10 heteroatoms. The molecule has 9 nitrogen and oxygen atoms in total. The molecule has 1 aromatic rings. The molecule has 2 aliphatic rings. The van der Waals surface area contributed by atoms with Gasteiger partial charge in [0.05, 0.1) is 11.2 Å². The van der Waals surface area contributed by atoms with Gasteiger partial charge in [0.15, 0.2) is 0 Å². The van der Waals surface area contributed by atoms with Crippen LogP contribution in [0.4, 0.5) is 0 Å². The maximum Gasteiger partial charge on any atom is 0.300 e. The molecule has 0 saturated carbocycles. The zero-order valence-corrected chi connectivity index (χ0v) is 18.0. The predicted molar refractivity (Wildman–Crippen MR) is 111 cm³/mol. The van der Waals surface area contributed by atoms with E-state index < -0.39 is 5.97 Å². The van der Waals surface area contributed by atoms with Crippen molar-refractivity contribution < 1.29 is 29.0 Å². The molecule has 2 amide bonds. The summed E-state index contributed by atoms with van der Waals surface area (Å²) in [6, 6.07) is 5.02. The fourth-order valence-electron chi connectivity index (χ4n) is 3.45. The Hall–Kier alpha value is -2.36. The van der Waals surface area contributed by atoms with E-state index in [2.05, 4.69) is 0 Å². The number of carboxylic acid groups (broad SMARTS) is 1. The topological polar surface area (TPSA) is 122 Å². The third-order valence-corrected chi connectivity index (χ3v) is 5.20. The highest BCUT2D eigenvalue weighted by Gasteiger charge is 2.42. The molecule has 166 valence electrons. The van der Waals surface area contributed by atoms with E-state index in [4.69, 9.17) is 36.7 Å². The lowest BCUT2D eigenvalue weighted by molar-refractivity contribution is -0.167. The van der Waals surface area contributed by atoms with Crippen LogP contribution in [-0.2, 0) is 14.3 Å². The number of likely N-dealkylation sites (tertiary alicyclic amines) is 1. The number of carbonyl (C=O) groups excluding carboxylic acids is 2. The van der Waals surface area contributed by atoms with Crippen molar-refractivity contribution in [2.24, 2.45) is 5.73 Å². The molecule has 1 spiro atoms. The number of piperidine rings is 1. The minimum absolute atomic E-state index is 0.00486. The van der Waals surface area contributed by atoms with E-state index in [1.54, 1.807) is 35.0 Å². The molecule has 0 radical (unpaired) electrons. The zero-order valence-electron chi connectivity index (χ0n) is 17.2. The lowest BCUT2D eigenvalue weighted by Crippen LogP contribution is -2.58. The number of carboxylic acids is 1. The third-order valence-electron chi connectivity index (χ3n) is 4.96. The molecule has 3 N–H and O–H groups in total. The lowest BCUT2D eigenvalue weighted by atomic mass is 9.89. The molecular weight excluding hydrogens is 414 g/mol. The van der Waals surface area contributed by atoms with E-state index in [0.29, 0.717) is 62.0 Å². The van der Waals surface area contributed by atoms with Crippen molar-refractivity contribution in [3.8, 4) is 5.75 Å². The summed E-state index contributed by atoms with van der Waals surface area (Å²) in [6.07, 6.45) is 1.38. The summed E-state index contributed by atoms with van der Waals surface area (Å²) in [5.74, 6) is -0.464. The summed E-state index contributed by atoms with van der Waals surface area (Å²) < 4.78 is 11.4. The zero-order chi connectivity index (χ0) is 22.3. The Morgan fingerprint density at radius 2 is 1.97 bits per heavy atom. The lowest BCUT2D eigenvalue weighted by Gasteiger charge is -2.46. The molecule has 2 aliphatic heterocycles. The third kappa shape index (κ3) is 6.32. The second kappa shape index (κ2) is 10.6. The van der Waals surface area contributed by atoms with Crippen molar-refractivity contribution >= 4 is 29.4 Å². The van der Waals surface area contributed by atoms with Crippen LogP contribution in [0.1, 0.15) is 30.1 Å². The molecule has 2 fully saturated rings. The highest BCUT2D eigenvalue weighted by molar-refractivity contribution is 6.31. The average Bonchev–Trinajstić information content (AvgIpc) is 2.70. The predicted octanol–water partition coefficient (Wildman–Crippen LogP) is 1.23. The second-order valence-corrected chi connectivity index (χ2v) is 7.75. The van der Waals surface area contributed by atoms with E-state index in [9.17, 15) is 9.59 Å². The Morgan fingerprint density at radius 3 is 2.53 bits per heavy atom. The number of nitrogens with zero attached hydrogens (tertiary/aromatic N) is 2. The van der Waals surface area contributed by atoms with Crippen molar-refractivity contribution in [3.63, 3.8) is 0 Å². The molecule has 30 heavy (non-hydrogen) atoms. The number of morpholine rings is 1. The normalized spacial score (nSPS) is 17.9. The van der Waals surface area contributed by atoms with E-state index >= 15 is 0 Å². The van der Waals surface area contributed by atoms with Gasteiger partial charge in [-0.25, -0.2) is 0 Å².